The number of carbonyl (C=O) groups is 3. The van der Waals surface area contributed by atoms with E-state index < -0.39 is 11.5 Å². The molecule has 8 heteroatoms. The number of carbonyl (C=O) groups excluding carboxylic acids is 3. The molecule has 202 valence electrons. The highest BCUT2D eigenvalue weighted by Gasteiger charge is 2.15. The van der Waals surface area contributed by atoms with Gasteiger partial charge in [-0.1, -0.05) is 37.4 Å². The van der Waals surface area contributed by atoms with Crippen LogP contribution in [0.25, 0.3) is 11.0 Å². The Morgan fingerprint density at radius 1 is 0.675 bits per heavy atom. The van der Waals surface area contributed by atoms with Crippen LogP contribution in [0.4, 0.5) is 17.1 Å². The minimum Gasteiger partial charge on any atom is -0.422 e. The van der Waals surface area contributed by atoms with Gasteiger partial charge in [-0.3, -0.25) is 14.4 Å². The zero-order chi connectivity index (χ0) is 28.8. The summed E-state index contributed by atoms with van der Waals surface area (Å²) in [5.74, 6) is -1.13. The van der Waals surface area contributed by atoms with E-state index in [-0.39, 0.29) is 23.0 Å². The van der Waals surface area contributed by atoms with Crippen molar-refractivity contribution < 1.29 is 18.8 Å². The molecule has 0 aliphatic rings. The van der Waals surface area contributed by atoms with E-state index in [2.05, 4.69) is 29.1 Å². The molecule has 4 aromatic rings. The summed E-state index contributed by atoms with van der Waals surface area (Å²) in [6.45, 7) is 10.5. The molecule has 1 heterocycles. The minimum atomic E-state index is -0.782. The smallest absolute Gasteiger partial charge is 0.349 e. The molecule has 0 aliphatic carbocycles. The van der Waals surface area contributed by atoms with Crippen LogP contribution in [0.2, 0.25) is 0 Å². The molecule has 4 rings (SSSR count). The minimum absolute atomic E-state index is 0.127. The topological polar surface area (TPSA) is 118 Å². The van der Waals surface area contributed by atoms with Gasteiger partial charge in [0.2, 0.25) is 0 Å². The molecule has 40 heavy (non-hydrogen) atoms. The van der Waals surface area contributed by atoms with Gasteiger partial charge in [0.15, 0.2) is 0 Å². The average Bonchev–Trinajstić information content (AvgIpc) is 2.92. The van der Waals surface area contributed by atoms with Crippen LogP contribution in [0.1, 0.15) is 35.3 Å². The Kier molecular flexibility index (Phi) is 8.39. The number of aryl methyl sites for hydroxylation is 2. The molecule has 0 saturated carbocycles. The van der Waals surface area contributed by atoms with Crippen molar-refractivity contribution in [1.29, 1.82) is 0 Å². The van der Waals surface area contributed by atoms with Crippen molar-refractivity contribution in [2.75, 3.05) is 16.0 Å². The van der Waals surface area contributed by atoms with Crippen LogP contribution in [0.15, 0.2) is 106 Å². The molecular weight excluding hydrogens is 506 g/mol. The molecule has 0 unspecified atom stereocenters. The van der Waals surface area contributed by atoms with E-state index in [4.69, 9.17) is 4.42 Å². The first-order valence-electron chi connectivity index (χ1n) is 12.6. The first kappa shape index (κ1) is 27.8. The van der Waals surface area contributed by atoms with Gasteiger partial charge in [-0.2, -0.15) is 0 Å². The molecule has 0 fully saturated rings. The van der Waals surface area contributed by atoms with Crippen molar-refractivity contribution in [3.63, 3.8) is 0 Å². The molecule has 0 atom stereocenters. The van der Waals surface area contributed by atoms with Gasteiger partial charge in [0, 0.05) is 39.7 Å². The fourth-order valence-corrected chi connectivity index (χ4v) is 3.82. The summed E-state index contributed by atoms with van der Waals surface area (Å²) in [6, 6.07) is 21.3. The van der Waals surface area contributed by atoms with Gasteiger partial charge in [0.05, 0.1) is 0 Å². The molecule has 3 amide bonds. The van der Waals surface area contributed by atoms with Gasteiger partial charge in [0.25, 0.3) is 17.7 Å². The number of anilines is 3. The van der Waals surface area contributed by atoms with E-state index in [1.165, 1.54) is 12.1 Å². The molecule has 1 aromatic heterocycles. The monoisotopic (exact) mass is 535 g/mol. The normalized spacial score (nSPS) is 10.6. The molecule has 0 aliphatic heterocycles. The summed E-state index contributed by atoms with van der Waals surface area (Å²) in [5, 5.41) is 8.73. The molecule has 8 nitrogen and oxygen atoms in total. The van der Waals surface area contributed by atoms with Gasteiger partial charge < -0.3 is 20.4 Å². The number of hydrogen-bond acceptors (Lipinski definition) is 5. The second kappa shape index (κ2) is 12.1. The predicted octanol–water partition coefficient (Wildman–Crippen LogP) is 5.86. The van der Waals surface area contributed by atoms with Crippen LogP contribution in [-0.4, -0.2) is 17.7 Å². The van der Waals surface area contributed by atoms with Gasteiger partial charge in [-0.25, -0.2) is 4.79 Å². The summed E-state index contributed by atoms with van der Waals surface area (Å²) < 4.78 is 5.35. The van der Waals surface area contributed by atoms with Crippen molar-refractivity contribution >= 4 is 45.8 Å². The number of benzene rings is 3. The first-order chi connectivity index (χ1) is 19.1. The highest BCUT2D eigenvalue weighted by Crippen LogP contribution is 2.20. The Morgan fingerprint density at radius 3 is 1.68 bits per heavy atom. The number of nitrogens with one attached hydrogen (secondary N) is 3. The van der Waals surface area contributed by atoms with Crippen molar-refractivity contribution in [1.82, 2.24) is 0 Å². The number of hydrogen-bond donors (Lipinski definition) is 3. The van der Waals surface area contributed by atoms with Crippen molar-refractivity contribution in [2.24, 2.45) is 0 Å². The van der Waals surface area contributed by atoms with Crippen molar-refractivity contribution in [3.8, 4) is 0 Å². The summed E-state index contributed by atoms with van der Waals surface area (Å²) in [7, 11) is 0. The van der Waals surface area contributed by atoms with E-state index in [0.717, 1.165) is 24.0 Å². The first-order valence-corrected chi connectivity index (χ1v) is 12.6. The number of rotatable bonds is 9. The number of amides is 3. The highest BCUT2D eigenvalue weighted by molar-refractivity contribution is 6.06. The Bertz CT molecular complexity index is 1680. The second-order valence-electron chi connectivity index (χ2n) is 9.52. The molecule has 0 saturated heterocycles. The van der Waals surface area contributed by atoms with Gasteiger partial charge in [-0.05, 0) is 80.3 Å². The zero-order valence-corrected chi connectivity index (χ0v) is 22.3. The third-order valence-corrected chi connectivity index (χ3v) is 6.14. The molecule has 0 spiro atoms. The van der Waals surface area contributed by atoms with Crippen LogP contribution >= 0.6 is 0 Å². The zero-order valence-electron chi connectivity index (χ0n) is 22.3. The third kappa shape index (κ3) is 6.99. The van der Waals surface area contributed by atoms with Gasteiger partial charge in [-0.15, -0.1) is 0 Å². The van der Waals surface area contributed by atoms with Crippen LogP contribution in [0, 0.1) is 0 Å². The Balaban J connectivity index is 1.36. The van der Waals surface area contributed by atoms with Crippen LogP contribution in [-0.2, 0) is 22.4 Å². The lowest BCUT2D eigenvalue weighted by atomic mass is 10.0. The summed E-state index contributed by atoms with van der Waals surface area (Å²) in [6.07, 6.45) is 1.59. The summed E-state index contributed by atoms with van der Waals surface area (Å²) in [5.41, 5.74) is 4.05. The lowest BCUT2D eigenvalue weighted by Crippen LogP contribution is -2.20. The summed E-state index contributed by atoms with van der Waals surface area (Å²) >= 11 is 0. The van der Waals surface area contributed by atoms with Gasteiger partial charge in [0.1, 0.15) is 11.1 Å². The Labute approximate surface area is 231 Å². The maximum atomic E-state index is 12.8. The average molecular weight is 536 g/mol. The van der Waals surface area contributed by atoms with E-state index in [1.54, 1.807) is 38.1 Å². The van der Waals surface area contributed by atoms with E-state index in [0.29, 0.717) is 33.6 Å². The SMILES string of the molecule is C=C(C)C(=O)Nc1ccc(CCc2ccc(NC(=O)c3cc4ccc(NC(=O)C(=C)C)cc4oc3=O)cc2)cc1. The molecule has 3 aromatic carbocycles. The van der Waals surface area contributed by atoms with Crippen LogP contribution in [0.5, 0.6) is 0 Å². The third-order valence-electron chi connectivity index (χ3n) is 6.14. The van der Waals surface area contributed by atoms with Crippen molar-refractivity contribution in [2.45, 2.75) is 26.7 Å². The van der Waals surface area contributed by atoms with E-state index in [9.17, 15) is 19.2 Å². The molecular formula is C32H29N3O5. The van der Waals surface area contributed by atoms with Crippen molar-refractivity contribution in [3.05, 3.63) is 124 Å². The summed E-state index contributed by atoms with van der Waals surface area (Å²) in [4.78, 5) is 48.9. The Hall–Kier alpha value is -5.24. The quantitative estimate of drug-likeness (QED) is 0.183. The largest absolute Gasteiger partial charge is 0.422 e. The second-order valence-corrected chi connectivity index (χ2v) is 9.52. The maximum absolute atomic E-state index is 12.8. The van der Waals surface area contributed by atoms with Gasteiger partial charge >= 0.3 is 5.63 Å². The Morgan fingerprint density at radius 2 is 1.15 bits per heavy atom. The number of fused-ring (bicyclic) bond motifs is 1. The molecule has 0 radical (unpaired) electrons. The lowest BCUT2D eigenvalue weighted by molar-refractivity contribution is -0.113. The highest BCUT2D eigenvalue weighted by atomic mass is 16.4. The lowest BCUT2D eigenvalue weighted by Gasteiger charge is -2.09. The van der Waals surface area contributed by atoms with E-state index >= 15 is 0 Å². The molecule has 0 bridgehead atoms. The predicted molar refractivity (Wildman–Crippen MR) is 158 cm³/mol. The van der Waals surface area contributed by atoms with E-state index in [1.807, 2.05) is 36.4 Å². The maximum Gasteiger partial charge on any atom is 0.349 e. The van der Waals surface area contributed by atoms with Crippen LogP contribution in [0.3, 0.4) is 0 Å². The molecule has 3 N–H and O–H groups in total. The van der Waals surface area contributed by atoms with Crippen LogP contribution < -0.4 is 21.6 Å². The fraction of sp³-hybridized carbons (Fsp3) is 0.125. The standard InChI is InChI=1S/C32H29N3O5/c1-19(2)29(36)33-24-12-7-21(8-13-24)5-6-22-9-14-25(15-10-22)34-31(38)27-17-23-11-16-26(35-30(37)20(3)4)18-28(23)40-32(27)39/h7-18H,1,3,5-6H2,2,4H3,(H,33,36)(H,34,38)(H,35,37). The fourth-order valence-electron chi connectivity index (χ4n) is 3.82.